The van der Waals surface area contributed by atoms with E-state index in [4.69, 9.17) is 4.74 Å². The predicted molar refractivity (Wildman–Crippen MR) is 93.4 cm³/mol. The highest BCUT2D eigenvalue weighted by Crippen LogP contribution is 2.36. The molecule has 0 amide bonds. The maximum absolute atomic E-state index is 5.29. The molecule has 2 aromatic carbocycles. The summed E-state index contributed by atoms with van der Waals surface area (Å²) in [4.78, 5) is 0.476. The lowest BCUT2D eigenvalue weighted by Crippen LogP contribution is -1.97. The van der Waals surface area contributed by atoms with E-state index in [0.717, 1.165) is 11.7 Å². The van der Waals surface area contributed by atoms with Crippen LogP contribution in [-0.2, 0) is 0 Å². The molecule has 1 aliphatic carbocycles. The standard InChI is InChI=1S/C19H23BrO/c1-21-18-10-9-15-12-17(8-7-16(15)13-18)19(20)11-6-14-4-2-3-5-14/h7-10,12-14,19H,2-6,11H2,1H3. The summed E-state index contributed by atoms with van der Waals surface area (Å²) in [6.07, 6.45) is 8.36. The fraction of sp³-hybridized carbons (Fsp3) is 0.474. The number of rotatable bonds is 5. The van der Waals surface area contributed by atoms with Gasteiger partial charge in [-0.1, -0.05) is 65.9 Å². The topological polar surface area (TPSA) is 9.23 Å². The van der Waals surface area contributed by atoms with Crippen LogP contribution >= 0.6 is 15.9 Å². The third-order valence-corrected chi connectivity index (χ3v) is 5.72. The van der Waals surface area contributed by atoms with Crippen LogP contribution in [0.4, 0.5) is 0 Å². The van der Waals surface area contributed by atoms with E-state index in [1.165, 1.54) is 54.9 Å². The van der Waals surface area contributed by atoms with E-state index >= 15 is 0 Å². The molecular weight excluding hydrogens is 324 g/mol. The van der Waals surface area contributed by atoms with Crippen molar-refractivity contribution < 1.29 is 4.74 Å². The Morgan fingerprint density at radius 2 is 1.81 bits per heavy atom. The fourth-order valence-electron chi connectivity index (χ4n) is 3.41. The minimum absolute atomic E-state index is 0.476. The van der Waals surface area contributed by atoms with Gasteiger partial charge in [-0.3, -0.25) is 0 Å². The molecule has 0 radical (unpaired) electrons. The maximum Gasteiger partial charge on any atom is 0.119 e. The molecule has 1 fully saturated rings. The molecule has 1 aliphatic rings. The highest BCUT2D eigenvalue weighted by atomic mass is 79.9. The minimum Gasteiger partial charge on any atom is -0.497 e. The first kappa shape index (κ1) is 14.9. The molecule has 0 N–H and O–H groups in total. The number of alkyl halides is 1. The molecule has 2 heteroatoms. The van der Waals surface area contributed by atoms with Crippen LogP contribution in [-0.4, -0.2) is 7.11 Å². The Morgan fingerprint density at radius 3 is 2.57 bits per heavy atom. The van der Waals surface area contributed by atoms with Gasteiger partial charge < -0.3 is 4.74 Å². The monoisotopic (exact) mass is 346 g/mol. The normalized spacial score (nSPS) is 17.2. The SMILES string of the molecule is COc1ccc2cc(C(Br)CCC3CCCC3)ccc2c1. The van der Waals surface area contributed by atoms with Crippen LogP contribution in [0.5, 0.6) is 5.75 Å². The van der Waals surface area contributed by atoms with Crippen molar-refractivity contribution in [2.75, 3.05) is 7.11 Å². The molecule has 0 bridgehead atoms. The van der Waals surface area contributed by atoms with Crippen LogP contribution in [0.1, 0.15) is 48.9 Å². The van der Waals surface area contributed by atoms with Crippen molar-refractivity contribution in [3.63, 3.8) is 0 Å². The van der Waals surface area contributed by atoms with Crippen LogP contribution in [0.25, 0.3) is 10.8 Å². The van der Waals surface area contributed by atoms with Gasteiger partial charge in [0.05, 0.1) is 7.11 Å². The molecule has 112 valence electrons. The fourth-order valence-corrected chi connectivity index (χ4v) is 3.96. The second kappa shape index (κ2) is 6.83. The number of fused-ring (bicyclic) bond motifs is 1. The smallest absolute Gasteiger partial charge is 0.119 e. The Kier molecular flexibility index (Phi) is 4.84. The Bertz CT molecular complexity index is 602. The van der Waals surface area contributed by atoms with Crippen molar-refractivity contribution in [1.29, 1.82) is 0 Å². The molecule has 21 heavy (non-hydrogen) atoms. The summed E-state index contributed by atoms with van der Waals surface area (Å²) in [7, 11) is 1.72. The van der Waals surface area contributed by atoms with E-state index in [2.05, 4.69) is 46.3 Å². The molecule has 0 aliphatic heterocycles. The second-order valence-electron chi connectivity index (χ2n) is 6.17. The van der Waals surface area contributed by atoms with Crippen molar-refractivity contribution >= 4 is 26.7 Å². The van der Waals surface area contributed by atoms with E-state index < -0.39 is 0 Å². The molecule has 1 nitrogen and oxygen atoms in total. The van der Waals surface area contributed by atoms with Crippen LogP contribution in [0, 0.1) is 5.92 Å². The van der Waals surface area contributed by atoms with E-state index in [-0.39, 0.29) is 0 Å². The van der Waals surface area contributed by atoms with Gasteiger partial charge in [0.25, 0.3) is 0 Å². The number of halogens is 1. The number of hydrogen-bond donors (Lipinski definition) is 0. The number of methoxy groups -OCH3 is 1. The summed E-state index contributed by atoms with van der Waals surface area (Å²) in [6.45, 7) is 0. The summed E-state index contributed by atoms with van der Waals surface area (Å²) in [5.41, 5.74) is 1.39. The summed E-state index contributed by atoms with van der Waals surface area (Å²) in [6, 6.07) is 13.0. The summed E-state index contributed by atoms with van der Waals surface area (Å²) in [5.74, 6) is 1.89. The number of benzene rings is 2. The van der Waals surface area contributed by atoms with Crippen molar-refractivity contribution in [3.8, 4) is 5.75 Å². The van der Waals surface area contributed by atoms with Gasteiger partial charge in [0.15, 0.2) is 0 Å². The lowest BCUT2D eigenvalue weighted by atomic mass is 9.97. The summed E-state index contributed by atoms with van der Waals surface area (Å²) < 4.78 is 5.29. The zero-order chi connectivity index (χ0) is 14.7. The summed E-state index contributed by atoms with van der Waals surface area (Å²) in [5, 5.41) is 2.53. The van der Waals surface area contributed by atoms with Gasteiger partial charge >= 0.3 is 0 Å². The Hall–Kier alpha value is -1.02. The van der Waals surface area contributed by atoms with Gasteiger partial charge in [-0.25, -0.2) is 0 Å². The average Bonchev–Trinajstić information content (AvgIpc) is 3.05. The molecule has 0 aromatic heterocycles. The molecule has 2 aromatic rings. The molecule has 1 unspecified atom stereocenters. The second-order valence-corrected chi connectivity index (χ2v) is 7.27. The molecule has 0 spiro atoms. The van der Waals surface area contributed by atoms with E-state index in [0.29, 0.717) is 4.83 Å². The first-order valence-corrected chi connectivity index (χ1v) is 8.89. The first-order valence-electron chi connectivity index (χ1n) is 7.98. The van der Waals surface area contributed by atoms with Gasteiger partial charge in [0, 0.05) is 4.83 Å². The Balaban J connectivity index is 1.70. The zero-order valence-electron chi connectivity index (χ0n) is 12.6. The number of hydrogen-bond acceptors (Lipinski definition) is 1. The van der Waals surface area contributed by atoms with Gasteiger partial charge in [-0.15, -0.1) is 0 Å². The van der Waals surface area contributed by atoms with Gasteiger partial charge in [0.2, 0.25) is 0 Å². The minimum atomic E-state index is 0.476. The Labute approximate surface area is 135 Å². The zero-order valence-corrected chi connectivity index (χ0v) is 14.2. The number of ether oxygens (including phenoxy) is 1. The maximum atomic E-state index is 5.29. The lowest BCUT2D eigenvalue weighted by Gasteiger charge is -2.14. The van der Waals surface area contributed by atoms with Crippen molar-refractivity contribution in [3.05, 3.63) is 42.0 Å². The van der Waals surface area contributed by atoms with Crippen molar-refractivity contribution in [2.24, 2.45) is 5.92 Å². The molecule has 0 saturated heterocycles. The van der Waals surface area contributed by atoms with Crippen LogP contribution in [0.2, 0.25) is 0 Å². The molecular formula is C19H23BrO. The van der Waals surface area contributed by atoms with Crippen molar-refractivity contribution in [1.82, 2.24) is 0 Å². The first-order chi connectivity index (χ1) is 10.3. The predicted octanol–water partition coefficient (Wildman–Crippen LogP) is 6.25. The van der Waals surface area contributed by atoms with Gasteiger partial charge in [-0.2, -0.15) is 0 Å². The highest BCUT2D eigenvalue weighted by Gasteiger charge is 2.17. The van der Waals surface area contributed by atoms with E-state index in [1.54, 1.807) is 7.11 Å². The molecule has 3 rings (SSSR count). The lowest BCUT2D eigenvalue weighted by molar-refractivity contribution is 0.415. The third kappa shape index (κ3) is 3.60. The Morgan fingerprint density at radius 1 is 1.10 bits per heavy atom. The quantitative estimate of drug-likeness (QED) is 0.581. The van der Waals surface area contributed by atoms with Crippen LogP contribution < -0.4 is 4.74 Å². The largest absolute Gasteiger partial charge is 0.497 e. The average molecular weight is 347 g/mol. The van der Waals surface area contributed by atoms with Gasteiger partial charge in [0.1, 0.15) is 5.75 Å². The van der Waals surface area contributed by atoms with Gasteiger partial charge in [-0.05, 0) is 47.2 Å². The van der Waals surface area contributed by atoms with E-state index in [9.17, 15) is 0 Å². The molecule has 1 saturated carbocycles. The highest BCUT2D eigenvalue weighted by molar-refractivity contribution is 9.09. The summed E-state index contributed by atoms with van der Waals surface area (Å²) >= 11 is 3.88. The van der Waals surface area contributed by atoms with Crippen LogP contribution in [0.3, 0.4) is 0 Å². The third-order valence-electron chi connectivity index (χ3n) is 4.74. The molecule has 0 heterocycles. The van der Waals surface area contributed by atoms with Crippen molar-refractivity contribution in [2.45, 2.75) is 43.4 Å². The van der Waals surface area contributed by atoms with E-state index in [1.807, 2.05) is 6.07 Å². The van der Waals surface area contributed by atoms with Crippen LogP contribution in [0.15, 0.2) is 36.4 Å². The molecule has 1 atom stereocenters.